The van der Waals surface area contributed by atoms with Crippen LogP contribution in [0.5, 0.6) is 0 Å². The van der Waals surface area contributed by atoms with Gasteiger partial charge >= 0.3 is 12.1 Å². The highest BCUT2D eigenvalue weighted by Gasteiger charge is 2.42. The van der Waals surface area contributed by atoms with Gasteiger partial charge in [-0.25, -0.2) is 0 Å². The number of aromatic nitrogens is 1. The van der Waals surface area contributed by atoms with E-state index >= 15 is 0 Å². The second-order valence-corrected chi connectivity index (χ2v) is 8.41. The minimum Gasteiger partial charge on any atom is -0.456 e. The lowest BCUT2D eigenvalue weighted by molar-refractivity contribution is -0.385. The van der Waals surface area contributed by atoms with E-state index in [0.717, 1.165) is 18.2 Å². The maximum absolute atomic E-state index is 13.1. The molecule has 0 N–H and O–H groups in total. The van der Waals surface area contributed by atoms with Gasteiger partial charge in [0.15, 0.2) is 6.61 Å². The Morgan fingerprint density at radius 2 is 1.71 bits per heavy atom. The number of esters is 1. The Balaban J connectivity index is 1.46. The average molecular weight is 529 g/mol. The second kappa shape index (κ2) is 9.57. The number of rotatable bonds is 7. The van der Waals surface area contributed by atoms with Gasteiger partial charge < -0.3 is 9.30 Å². The van der Waals surface area contributed by atoms with Crippen LogP contribution in [0.15, 0.2) is 48.5 Å². The summed E-state index contributed by atoms with van der Waals surface area (Å²) >= 11 is 0. The first-order chi connectivity index (χ1) is 17.8. The minimum atomic E-state index is -4.55. The Kier molecular flexibility index (Phi) is 6.62. The fourth-order valence-electron chi connectivity index (χ4n) is 4.27. The van der Waals surface area contributed by atoms with Crippen molar-refractivity contribution < 1.29 is 42.0 Å². The Morgan fingerprint density at radius 1 is 1.03 bits per heavy atom. The van der Waals surface area contributed by atoms with Crippen LogP contribution >= 0.6 is 0 Å². The van der Waals surface area contributed by atoms with Crippen molar-refractivity contribution in [2.45, 2.75) is 20.0 Å². The highest BCUT2D eigenvalue weighted by Crippen LogP contribution is 2.32. The normalized spacial score (nSPS) is 13.0. The largest absolute Gasteiger partial charge is 0.456 e. The third-order valence-corrected chi connectivity index (χ3v) is 5.99. The summed E-state index contributed by atoms with van der Waals surface area (Å²) in [6.07, 6.45) is -4.55. The van der Waals surface area contributed by atoms with E-state index in [1.165, 1.54) is 41.8 Å². The smallest absolute Gasteiger partial charge is 0.416 e. The highest BCUT2D eigenvalue weighted by atomic mass is 19.4. The molecule has 0 saturated carbocycles. The lowest BCUT2D eigenvalue weighted by atomic mass is 10.1. The molecule has 1 aliphatic rings. The number of nitrogens with zero attached hydrogens (tertiary/aromatic N) is 3. The lowest BCUT2D eigenvalue weighted by Gasteiger charge is -2.13. The number of carbonyl (C=O) groups excluding carboxylic acids is 4. The molecule has 2 aromatic carbocycles. The van der Waals surface area contributed by atoms with Crippen molar-refractivity contribution in [2.75, 3.05) is 13.2 Å². The van der Waals surface area contributed by atoms with Gasteiger partial charge in [-0.3, -0.25) is 34.2 Å². The average Bonchev–Trinajstić information content (AvgIpc) is 3.29. The summed E-state index contributed by atoms with van der Waals surface area (Å²) in [7, 11) is 0. The molecule has 38 heavy (non-hydrogen) atoms. The van der Waals surface area contributed by atoms with Crippen molar-refractivity contribution >= 4 is 29.3 Å². The summed E-state index contributed by atoms with van der Waals surface area (Å²) in [6, 6.07) is 9.52. The van der Waals surface area contributed by atoms with E-state index in [9.17, 15) is 42.5 Å². The number of alkyl halides is 3. The molecule has 2 amide bonds. The molecule has 0 atom stereocenters. The molecule has 0 unspecified atom stereocenters. The van der Waals surface area contributed by atoms with Crippen molar-refractivity contribution in [1.82, 2.24) is 9.47 Å². The fraction of sp³-hybridized carbons (Fsp3) is 0.200. The highest BCUT2D eigenvalue weighted by molar-refractivity contribution is 6.24. The summed E-state index contributed by atoms with van der Waals surface area (Å²) in [5, 5.41) is 11.2. The third-order valence-electron chi connectivity index (χ3n) is 5.99. The van der Waals surface area contributed by atoms with E-state index < -0.39 is 64.6 Å². The molecule has 13 heteroatoms. The molecule has 196 valence electrons. The molecule has 1 aromatic heterocycles. The topological polar surface area (TPSA) is 129 Å². The first-order valence-electron chi connectivity index (χ1n) is 11.0. The van der Waals surface area contributed by atoms with Crippen molar-refractivity contribution in [1.29, 1.82) is 0 Å². The van der Waals surface area contributed by atoms with Gasteiger partial charge in [-0.2, -0.15) is 13.2 Å². The number of carbonyl (C=O) groups is 4. The Bertz CT molecular complexity index is 1520. The summed E-state index contributed by atoms with van der Waals surface area (Å²) in [4.78, 5) is 61.1. The predicted molar refractivity (Wildman–Crippen MR) is 124 cm³/mol. The molecule has 4 rings (SSSR count). The first kappa shape index (κ1) is 26.3. The molecular weight excluding hydrogens is 511 g/mol. The maximum atomic E-state index is 13.1. The van der Waals surface area contributed by atoms with Crippen molar-refractivity contribution in [3.8, 4) is 5.69 Å². The first-order valence-corrected chi connectivity index (χ1v) is 11.0. The van der Waals surface area contributed by atoms with Gasteiger partial charge in [0.1, 0.15) is 12.1 Å². The van der Waals surface area contributed by atoms with Crippen LogP contribution in [0, 0.1) is 24.0 Å². The van der Waals surface area contributed by atoms with E-state index in [0.29, 0.717) is 16.3 Å². The molecule has 3 aromatic rings. The summed E-state index contributed by atoms with van der Waals surface area (Å²) < 4.78 is 45.8. The zero-order valence-electron chi connectivity index (χ0n) is 19.9. The van der Waals surface area contributed by atoms with E-state index in [1.54, 1.807) is 6.92 Å². The zero-order valence-corrected chi connectivity index (χ0v) is 19.9. The van der Waals surface area contributed by atoms with E-state index in [-0.39, 0.29) is 16.8 Å². The van der Waals surface area contributed by atoms with Crippen LogP contribution in [0.25, 0.3) is 5.69 Å². The number of nitro groups is 1. The number of amides is 2. The minimum absolute atomic E-state index is 0.101. The van der Waals surface area contributed by atoms with Crippen LogP contribution in [0.2, 0.25) is 0 Å². The van der Waals surface area contributed by atoms with Crippen LogP contribution in [0.3, 0.4) is 0 Å². The van der Waals surface area contributed by atoms with Gasteiger partial charge in [0, 0.05) is 28.7 Å². The number of ether oxygens (including phenoxy) is 1. The van der Waals surface area contributed by atoms with Crippen molar-refractivity contribution in [3.05, 3.63) is 92.3 Å². The number of halogens is 3. The van der Waals surface area contributed by atoms with E-state index in [4.69, 9.17) is 4.74 Å². The van der Waals surface area contributed by atoms with Crippen LogP contribution in [-0.4, -0.2) is 51.1 Å². The maximum Gasteiger partial charge on any atom is 0.416 e. The summed E-state index contributed by atoms with van der Waals surface area (Å²) in [6.45, 7) is 1.47. The Hall–Kier alpha value is -4.81. The number of ketones is 1. The van der Waals surface area contributed by atoms with Crippen molar-refractivity contribution in [3.63, 3.8) is 0 Å². The number of benzene rings is 2. The number of hydrogen-bond acceptors (Lipinski definition) is 7. The zero-order chi connectivity index (χ0) is 27.9. The van der Waals surface area contributed by atoms with Crippen LogP contribution in [0.1, 0.15) is 48.0 Å². The van der Waals surface area contributed by atoms with Crippen molar-refractivity contribution in [2.24, 2.45) is 0 Å². The monoisotopic (exact) mass is 529 g/mol. The van der Waals surface area contributed by atoms with Gasteiger partial charge in [-0.1, -0.05) is 12.1 Å². The Morgan fingerprint density at radius 3 is 2.37 bits per heavy atom. The summed E-state index contributed by atoms with van der Waals surface area (Å²) in [5.41, 5.74) is -1.04. The quantitative estimate of drug-likeness (QED) is 0.149. The van der Waals surface area contributed by atoms with Gasteiger partial charge in [0.25, 0.3) is 17.5 Å². The van der Waals surface area contributed by atoms with Gasteiger partial charge in [-0.05, 0) is 44.2 Å². The van der Waals surface area contributed by atoms with Gasteiger partial charge in [0.2, 0.25) is 5.78 Å². The number of hydrogen-bond donors (Lipinski definition) is 0. The van der Waals surface area contributed by atoms with Crippen LogP contribution in [0.4, 0.5) is 18.9 Å². The SMILES string of the molecule is Cc1cc(C(=O)COC(=O)CN2C(=O)c3cccc([N+](=O)[O-])c3C2=O)c(C)n1-c1cccc(C(F)(F)F)c1. The number of aryl methyl sites for hydroxylation is 1. The molecule has 1 aliphatic heterocycles. The standard InChI is InChI=1S/C25H18F3N3O7/c1-13-9-18(14(2)30(13)16-6-3-5-15(10-16)25(26,27)28)20(32)12-38-21(33)11-29-23(34)17-7-4-8-19(31(36)37)22(17)24(29)35/h3-10H,11-12H2,1-2H3. The van der Waals surface area contributed by atoms with Gasteiger partial charge in [0.05, 0.1) is 16.1 Å². The molecule has 0 radical (unpaired) electrons. The van der Waals surface area contributed by atoms with Crippen LogP contribution in [-0.2, 0) is 15.7 Å². The van der Waals surface area contributed by atoms with Gasteiger partial charge in [-0.15, -0.1) is 0 Å². The van der Waals surface area contributed by atoms with E-state index in [2.05, 4.69) is 0 Å². The predicted octanol–water partition coefficient (Wildman–Crippen LogP) is 4.04. The number of fused-ring (bicyclic) bond motifs is 1. The number of nitro benzene ring substituents is 1. The molecule has 0 spiro atoms. The molecule has 0 fully saturated rings. The fourth-order valence-corrected chi connectivity index (χ4v) is 4.27. The Labute approximate surface area is 212 Å². The lowest BCUT2D eigenvalue weighted by Crippen LogP contribution is -2.36. The number of Topliss-reactive ketones (excluding diaryl/α,β-unsaturated/α-hetero) is 1. The molecule has 10 nitrogen and oxygen atoms in total. The van der Waals surface area contributed by atoms with E-state index in [1.807, 2.05) is 0 Å². The summed E-state index contributed by atoms with van der Waals surface area (Å²) in [5.74, 6) is -3.73. The molecule has 0 saturated heterocycles. The third kappa shape index (κ3) is 4.65. The van der Waals surface area contributed by atoms with Crippen LogP contribution < -0.4 is 0 Å². The molecule has 0 bridgehead atoms. The molecule has 2 heterocycles. The molecule has 0 aliphatic carbocycles. The molecular formula is C25H18F3N3O7. The number of imide groups is 1. The second-order valence-electron chi connectivity index (χ2n) is 8.41.